The van der Waals surface area contributed by atoms with Crippen molar-refractivity contribution in [1.29, 1.82) is 5.26 Å². The molecule has 0 bridgehead atoms. The normalized spacial score (nSPS) is 15.6. The number of nitrogens with one attached hydrogen (secondary N) is 1. The molecule has 0 fully saturated rings. The number of aromatic nitrogens is 1. The third-order valence-corrected chi connectivity index (χ3v) is 5.04. The van der Waals surface area contributed by atoms with E-state index in [4.69, 9.17) is 10.00 Å². The lowest BCUT2D eigenvalue weighted by Crippen LogP contribution is -2.32. The Balaban J connectivity index is 2.33. The van der Waals surface area contributed by atoms with Gasteiger partial charge in [-0.3, -0.25) is 4.79 Å². The van der Waals surface area contributed by atoms with Crippen LogP contribution >= 0.6 is 15.9 Å². The first kappa shape index (κ1) is 18.9. The molecule has 1 aliphatic heterocycles. The van der Waals surface area contributed by atoms with Crippen molar-refractivity contribution >= 4 is 27.6 Å². The molecule has 2 aromatic rings. The lowest BCUT2D eigenvalue weighted by Gasteiger charge is -2.29. The summed E-state index contributed by atoms with van der Waals surface area (Å²) in [5.41, 5.74) is 1.79. The number of pyridine rings is 1. The molecule has 3 rings (SSSR count). The molecule has 0 saturated carbocycles. The van der Waals surface area contributed by atoms with Gasteiger partial charge in [0.1, 0.15) is 12.4 Å². The number of carbonyl (C=O) groups is 1. The van der Waals surface area contributed by atoms with Crippen molar-refractivity contribution in [2.45, 2.75) is 19.4 Å². The largest absolute Gasteiger partial charge is 0.466 e. The van der Waals surface area contributed by atoms with Gasteiger partial charge < -0.3 is 14.6 Å². The van der Waals surface area contributed by atoms with E-state index in [1.54, 1.807) is 13.0 Å². The predicted octanol–water partition coefficient (Wildman–Crippen LogP) is 3.28. The molecule has 0 spiro atoms. The summed E-state index contributed by atoms with van der Waals surface area (Å²) in [6, 6.07) is 7.94. The molecule has 6 nitrogen and oxygen atoms in total. The third kappa shape index (κ3) is 3.26. The number of halogens is 2. The first-order chi connectivity index (χ1) is 12.9. The first-order valence-corrected chi connectivity index (χ1v) is 8.79. The number of ether oxygens (including phenoxy) is 1. The molecule has 1 aromatic heterocycles. The highest BCUT2D eigenvalue weighted by Gasteiger charge is 2.35. The molecule has 2 heterocycles. The van der Waals surface area contributed by atoms with Gasteiger partial charge in [0.2, 0.25) is 0 Å². The molecule has 27 heavy (non-hydrogen) atoms. The number of allylic oxidation sites excluding steroid dienone is 1. The minimum atomic E-state index is -0.760. The van der Waals surface area contributed by atoms with Crippen molar-refractivity contribution in [3.05, 3.63) is 73.5 Å². The van der Waals surface area contributed by atoms with Crippen LogP contribution in [-0.4, -0.2) is 17.6 Å². The van der Waals surface area contributed by atoms with E-state index in [0.29, 0.717) is 22.5 Å². The van der Waals surface area contributed by atoms with E-state index < -0.39 is 23.3 Å². The number of hydrogen-bond acceptors (Lipinski definition) is 5. The van der Waals surface area contributed by atoms with E-state index in [1.165, 1.54) is 36.1 Å². The Bertz CT molecular complexity index is 1070. The second-order valence-corrected chi connectivity index (χ2v) is 6.85. The van der Waals surface area contributed by atoms with E-state index in [0.717, 1.165) is 0 Å². The monoisotopic (exact) mass is 431 g/mol. The number of anilines is 1. The van der Waals surface area contributed by atoms with Crippen LogP contribution in [0.3, 0.4) is 0 Å². The summed E-state index contributed by atoms with van der Waals surface area (Å²) in [6.45, 7) is 1.59. The van der Waals surface area contributed by atoms with Gasteiger partial charge >= 0.3 is 5.97 Å². The van der Waals surface area contributed by atoms with Gasteiger partial charge in [0, 0.05) is 17.6 Å². The molecule has 8 heteroatoms. The number of fused-ring (bicyclic) bond motifs is 1. The smallest absolute Gasteiger partial charge is 0.336 e. The Kier molecular flexibility index (Phi) is 5.15. The minimum absolute atomic E-state index is 0.123. The molecule has 0 aliphatic carbocycles. The van der Waals surface area contributed by atoms with Crippen LogP contribution in [0, 0.1) is 17.1 Å². The van der Waals surface area contributed by atoms with Crippen LogP contribution < -0.4 is 10.9 Å². The molecule has 1 aromatic carbocycles. The van der Waals surface area contributed by atoms with Crippen molar-refractivity contribution in [3.63, 3.8) is 0 Å². The Morgan fingerprint density at radius 2 is 2.19 bits per heavy atom. The average molecular weight is 432 g/mol. The third-order valence-electron chi connectivity index (χ3n) is 4.43. The zero-order chi connectivity index (χ0) is 19.7. The minimum Gasteiger partial charge on any atom is -0.466 e. The van der Waals surface area contributed by atoms with Crippen LogP contribution in [0.1, 0.15) is 24.0 Å². The maximum absolute atomic E-state index is 13.7. The lowest BCUT2D eigenvalue weighted by atomic mass is 9.81. The summed E-state index contributed by atoms with van der Waals surface area (Å²) in [6.07, 6.45) is 1.52. The van der Waals surface area contributed by atoms with E-state index >= 15 is 0 Å². The topological polar surface area (TPSA) is 84.1 Å². The SMILES string of the molecule is COC(=O)C1=C(C)Nc2ccn(CC#N)c(=O)c2C1c1ccc(F)c(Br)c1. The number of esters is 1. The van der Waals surface area contributed by atoms with Crippen LogP contribution in [0.2, 0.25) is 0 Å². The second kappa shape index (κ2) is 7.37. The standard InChI is InChI=1S/C19H15BrFN3O3/c1-10-15(19(26)27-2)16(11-3-4-13(21)12(20)9-11)17-14(23-10)5-7-24(8-6-22)18(17)25/h3-5,7,9,16,23H,8H2,1-2H3. The van der Waals surface area contributed by atoms with Gasteiger partial charge in [0.25, 0.3) is 5.56 Å². The van der Waals surface area contributed by atoms with E-state index in [1.807, 2.05) is 6.07 Å². The average Bonchev–Trinajstić information content (AvgIpc) is 2.65. The van der Waals surface area contributed by atoms with Crippen molar-refractivity contribution in [2.24, 2.45) is 0 Å². The maximum atomic E-state index is 13.7. The Labute approximate surface area is 163 Å². The number of carbonyl (C=O) groups excluding carboxylic acids is 1. The van der Waals surface area contributed by atoms with E-state index in [2.05, 4.69) is 21.2 Å². The number of nitriles is 1. The number of hydrogen-bond donors (Lipinski definition) is 1. The van der Waals surface area contributed by atoms with Crippen LogP contribution in [0.15, 0.2) is 51.0 Å². The van der Waals surface area contributed by atoms with Crippen molar-refractivity contribution in [2.75, 3.05) is 12.4 Å². The second-order valence-electron chi connectivity index (χ2n) is 6.00. The first-order valence-electron chi connectivity index (χ1n) is 8.00. The fraction of sp³-hybridized carbons (Fsp3) is 0.211. The summed E-state index contributed by atoms with van der Waals surface area (Å²) >= 11 is 3.15. The van der Waals surface area contributed by atoms with Gasteiger partial charge in [-0.15, -0.1) is 0 Å². The van der Waals surface area contributed by atoms with Crippen molar-refractivity contribution in [3.8, 4) is 6.07 Å². The van der Waals surface area contributed by atoms with Gasteiger partial charge in [-0.05, 0) is 46.6 Å². The Morgan fingerprint density at radius 1 is 1.44 bits per heavy atom. The zero-order valence-corrected chi connectivity index (χ0v) is 16.1. The van der Waals surface area contributed by atoms with Crippen LogP contribution in [-0.2, 0) is 16.1 Å². The molecule has 0 saturated heterocycles. The highest BCUT2D eigenvalue weighted by Crippen LogP contribution is 2.41. The highest BCUT2D eigenvalue weighted by atomic mass is 79.9. The lowest BCUT2D eigenvalue weighted by molar-refractivity contribution is -0.136. The fourth-order valence-electron chi connectivity index (χ4n) is 3.22. The zero-order valence-electron chi connectivity index (χ0n) is 14.5. The van der Waals surface area contributed by atoms with Crippen LogP contribution in [0.25, 0.3) is 0 Å². The summed E-state index contributed by atoms with van der Waals surface area (Å²) in [5, 5.41) is 12.0. The predicted molar refractivity (Wildman–Crippen MR) is 101 cm³/mol. The van der Waals surface area contributed by atoms with Gasteiger partial charge in [0.05, 0.1) is 34.7 Å². The molecule has 0 amide bonds. The van der Waals surface area contributed by atoms with Crippen LogP contribution in [0.5, 0.6) is 0 Å². The molecule has 138 valence electrons. The van der Waals surface area contributed by atoms with Gasteiger partial charge in [-0.25, -0.2) is 9.18 Å². The summed E-state index contributed by atoms with van der Waals surface area (Å²) < 4.78 is 20.1. The number of methoxy groups -OCH3 is 1. The van der Waals surface area contributed by atoms with E-state index in [-0.39, 0.29) is 16.6 Å². The van der Waals surface area contributed by atoms with E-state index in [9.17, 15) is 14.0 Å². The summed E-state index contributed by atoms with van der Waals surface area (Å²) in [5.74, 6) is -1.81. The number of benzene rings is 1. The quantitative estimate of drug-likeness (QED) is 0.753. The summed E-state index contributed by atoms with van der Waals surface area (Å²) in [7, 11) is 1.26. The molecule has 1 atom stereocenters. The molecule has 1 aliphatic rings. The summed E-state index contributed by atoms with van der Waals surface area (Å²) in [4.78, 5) is 25.5. The maximum Gasteiger partial charge on any atom is 0.336 e. The fourth-order valence-corrected chi connectivity index (χ4v) is 3.61. The highest BCUT2D eigenvalue weighted by molar-refractivity contribution is 9.10. The molecular formula is C19H15BrFN3O3. The molecule has 1 N–H and O–H groups in total. The molecular weight excluding hydrogens is 417 g/mol. The van der Waals surface area contributed by atoms with Gasteiger partial charge in [0.15, 0.2) is 0 Å². The van der Waals surface area contributed by atoms with Crippen LogP contribution in [0.4, 0.5) is 10.1 Å². The number of rotatable bonds is 3. The van der Waals surface area contributed by atoms with Gasteiger partial charge in [-0.2, -0.15) is 5.26 Å². The van der Waals surface area contributed by atoms with Crippen molar-refractivity contribution in [1.82, 2.24) is 4.57 Å². The molecule has 1 unspecified atom stereocenters. The Morgan fingerprint density at radius 3 is 2.81 bits per heavy atom. The number of nitrogens with zero attached hydrogens (tertiary/aromatic N) is 2. The Hall–Kier alpha value is -2.92. The van der Waals surface area contributed by atoms with Gasteiger partial charge in [-0.1, -0.05) is 6.07 Å². The van der Waals surface area contributed by atoms with Crippen molar-refractivity contribution < 1.29 is 13.9 Å². The molecule has 0 radical (unpaired) electrons.